The normalized spacial score (nSPS) is 22.0. The first-order chi connectivity index (χ1) is 2.39. The third kappa shape index (κ3) is 0.318. The van der Waals surface area contributed by atoms with Crippen molar-refractivity contribution in [1.29, 1.82) is 0 Å². The Morgan fingerprint density at radius 2 is 2.00 bits per heavy atom. The maximum atomic E-state index is 9.87. The highest BCUT2D eigenvalue weighted by molar-refractivity contribution is 5.86. The Morgan fingerprint density at radius 3 is 2.00 bits per heavy atom. The van der Waals surface area contributed by atoms with Gasteiger partial charge in [0.15, 0.2) is 0 Å². The van der Waals surface area contributed by atoms with Crippen LogP contribution >= 0.6 is 0 Å². The van der Waals surface area contributed by atoms with E-state index < -0.39 is 0 Å². The van der Waals surface area contributed by atoms with Crippen LogP contribution in [0, 0.1) is 6.42 Å². The smallest absolute Gasteiger partial charge is 0.133 e. The third-order valence-corrected chi connectivity index (χ3v) is 0.744. The molecule has 0 heterocycles. The van der Waals surface area contributed by atoms with E-state index in [9.17, 15) is 4.79 Å². The molecule has 0 aromatic carbocycles. The fraction of sp³-hybridized carbons (Fsp3) is 0.500. The molecule has 0 bridgehead atoms. The maximum absolute atomic E-state index is 9.87. The second-order valence-corrected chi connectivity index (χ2v) is 1.24. The van der Waals surface area contributed by atoms with E-state index >= 15 is 0 Å². The molecule has 27 valence electrons. The van der Waals surface area contributed by atoms with Crippen LogP contribution in [0.2, 0.25) is 0 Å². The van der Waals surface area contributed by atoms with Gasteiger partial charge in [0, 0.05) is 12.8 Å². The third-order valence-electron chi connectivity index (χ3n) is 0.744. The topological polar surface area (TPSA) is 17.1 Å². The summed E-state index contributed by atoms with van der Waals surface area (Å²) < 4.78 is 0. The fourth-order valence-corrected chi connectivity index (χ4v) is 0.262. The maximum Gasteiger partial charge on any atom is 0.133 e. The average molecular weight is 69.1 g/mol. The van der Waals surface area contributed by atoms with Crippen LogP contribution in [-0.2, 0) is 4.79 Å². The highest BCUT2D eigenvalue weighted by atomic mass is 16.1. The predicted octanol–water partition coefficient (Wildman–Crippen LogP) is 0.554. The minimum absolute atomic E-state index is 0.380. The molecule has 0 amide bonds. The summed E-state index contributed by atoms with van der Waals surface area (Å²) in [7, 11) is 0. The lowest BCUT2D eigenvalue weighted by atomic mass is 9.99. The van der Waals surface area contributed by atoms with Crippen molar-refractivity contribution in [3.8, 4) is 0 Å². The Hall–Kier alpha value is -0.330. The van der Waals surface area contributed by atoms with Crippen LogP contribution in [0.5, 0.6) is 0 Å². The lowest BCUT2D eigenvalue weighted by molar-refractivity contribution is -0.120. The van der Waals surface area contributed by atoms with E-state index in [1.165, 1.54) is 0 Å². The summed E-state index contributed by atoms with van der Waals surface area (Å²) in [5.74, 6) is 0.380. The number of carbonyl (C=O) groups excluding carboxylic acids is 1. The van der Waals surface area contributed by atoms with Gasteiger partial charge in [-0.05, 0) is 6.42 Å². The van der Waals surface area contributed by atoms with Crippen LogP contribution in [0.15, 0.2) is 0 Å². The second kappa shape index (κ2) is 0.814. The first-order valence-corrected chi connectivity index (χ1v) is 1.73. The molecular formula is C4H5O. The molecule has 0 saturated heterocycles. The van der Waals surface area contributed by atoms with Crippen LogP contribution in [0.25, 0.3) is 0 Å². The molecule has 1 nitrogen and oxygen atoms in total. The molecular weight excluding hydrogens is 64.0 g/mol. The van der Waals surface area contributed by atoms with Gasteiger partial charge in [-0.15, -0.1) is 0 Å². The van der Waals surface area contributed by atoms with Crippen molar-refractivity contribution < 1.29 is 4.79 Å². The SMILES string of the molecule is O=C1C[CH]C1. The Bertz CT molecular complexity index is 50.7. The number of rotatable bonds is 0. The van der Waals surface area contributed by atoms with Gasteiger partial charge in [0.05, 0.1) is 0 Å². The molecule has 0 aromatic heterocycles. The first kappa shape index (κ1) is 2.88. The van der Waals surface area contributed by atoms with Crippen molar-refractivity contribution in [3.05, 3.63) is 6.42 Å². The first-order valence-electron chi connectivity index (χ1n) is 1.73. The van der Waals surface area contributed by atoms with E-state index in [2.05, 4.69) is 0 Å². The van der Waals surface area contributed by atoms with Gasteiger partial charge in [0.2, 0.25) is 0 Å². The van der Waals surface area contributed by atoms with Crippen molar-refractivity contribution >= 4 is 5.78 Å². The lowest BCUT2D eigenvalue weighted by Gasteiger charge is -2.04. The molecule has 0 atom stereocenters. The number of carbonyl (C=O) groups is 1. The van der Waals surface area contributed by atoms with Crippen LogP contribution in [0.3, 0.4) is 0 Å². The minimum Gasteiger partial charge on any atom is -0.300 e. The highest BCUT2D eigenvalue weighted by Crippen LogP contribution is 2.08. The summed E-state index contributed by atoms with van der Waals surface area (Å²) in [6, 6.07) is 0. The van der Waals surface area contributed by atoms with Crippen molar-refractivity contribution in [3.63, 3.8) is 0 Å². The predicted molar refractivity (Wildman–Crippen MR) is 18.5 cm³/mol. The molecule has 0 spiro atoms. The Labute approximate surface area is 31.0 Å². The minimum atomic E-state index is 0.380. The van der Waals surface area contributed by atoms with Crippen LogP contribution < -0.4 is 0 Å². The van der Waals surface area contributed by atoms with E-state index in [1.54, 1.807) is 0 Å². The van der Waals surface area contributed by atoms with Gasteiger partial charge in [0.25, 0.3) is 0 Å². The molecule has 1 radical (unpaired) electrons. The number of hydrogen-bond donors (Lipinski definition) is 0. The van der Waals surface area contributed by atoms with Gasteiger partial charge in [0.1, 0.15) is 5.78 Å². The van der Waals surface area contributed by atoms with E-state index in [-0.39, 0.29) is 0 Å². The molecule has 1 aliphatic carbocycles. The molecule has 1 saturated carbocycles. The summed E-state index contributed by atoms with van der Waals surface area (Å²) in [5, 5.41) is 0. The zero-order valence-corrected chi connectivity index (χ0v) is 2.90. The van der Waals surface area contributed by atoms with Gasteiger partial charge in [-0.2, -0.15) is 0 Å². The zero-order valence-electron chi connectivity index (χ0n) is 2.90. The molecule has 1 rings (SSSR count). The molecule has 1 heteroatoms. The standard InChI is InChI=1S/C4H5O/c5-4-2-1-3-4/h1H,2-3H2. The molecule has 0 unspecified atom stereocenters. The molecule has 0 N–H and O–H groups in total. The zero-order chi connectivity index (χ0) is 3.70. The van der Waals surface area contributed by atoms with E-state index in [0.29, 0.717) is 5.78 Å². The van der Waals surface area contributed by atoms with Crippen molar-refractivity contribution in [2.24, 2.45) is 0 Å². The number of hydrogen-bond acceptors (Lipinski definition) is 1. The number of Topliss-reactive ketones (excluding diaryl/α,β-unsaturated/α-hetero) is 1. The summed E-state index contributed by atoms with van der Waals surface area (Å²) in [4.78, 5) is 9.87. The fourth-order valence-electron chi connectivity index (χ4n) is 0.262. The molecule has 1 fully saturated rings. The van der Waals surface area contributed by atoms with Gasteiger partial charge < -0.3 is 0 Å². The molecule has 5 heavy (non-hydrogen) atoms. The van der Waals surface area contributed by atoms with Crippen molar-refractivity contribution in [2.45, 2.75) is 12.8 Å². The van der Waals surface area contributed by atoms with Crippen LogP contribution in [0.4, 0.5) is 0 Å². The van der Waals surface area contributed by atoms with E-state index in [4.69, 9.17) is 0 Å². The Kier molecular flexibility index (Phi) is 0.469. The summed E-state index contributed by atoms with van der Waals surface area (Å²) in [6.07, 6.45) is 3.42. The molecule has 0 aromatic rings. The van der Waals surface area contributed by atoms with Gasteiger partial charge >= 0.3 is 0 Å². The lowest BCUT2D eigenvalue weighted by Crippen LogP contribution is -2.08. The number of ketones is 1. The Morgan fingerprint density at radius 1 is 1.60 bits per heavy atom. The van der Waals surface area contributed by atoms with Gasteiger partial charge in [-0.3, -0.25) is 4.79 Å². The van der Waals surface area contributed by atoms with Crippen LogP contribution in [0.1, 0.15) is 12.8 Å². The summed E-state index contributed by atoms with van der Waals surface area (Å²) in [6.45, 7) is 0. The van der Waals surface area contributed by atoms with Gasteiger partial charge in [-0.1, -0.05) is 0 Å². The monoisotopic (exact) mass is 69.0 g/mol. The molecule has 1 aliphatic rings. The van der Waals surface area contributed by atoms with Crippen molar-refractivity contribution in [2.75, 3.05) is 0 Å². The van der Waals surface area contributed by atoms with Gasteiger partial charge in [-0.25, -0.2) is 0 Å². The second-order valence-electron chi connectivity index (χ2n) is 1.24. The average Bonchev–Trinajstić information content (AvgIpc) is 1.30. The van der Waals surface area contributed by atoms with E-state index in [0.717, 1.165) is 12.8 Å². The summed E-state index contributed by atoms with van der Waals surface area (Å²) in [5.41, 5.74) is 0. The Balaban J connectivity index is 2.32. The van der Waals surface area contributed by atoms with Crippen LogP contribution in [-0.4, -0.2) is 5.78 Å². The molecule has 0 aliphatic heterocycles. The largest absolute Gasteiger partial charge is 0.300 e. The van der Waals surface area contributed by atoms with Crippen molar-refractivity contribution in [1.82, 2.24) is 0 Å². The summed E-state index contributed by atoms with van der Waals surface area (Å²) >= 11 is 0. The highest BCUT2D eigenvalue weighted by Gasteiger charge is 2.10. The van der Waals surface area contributed by atoms with E-state index in [1.807, 2.05) is 6.42 Å². The quantitative estimate of drug-likeness (QED) is 0.406.